The summed E-state index contributed by atoms with van der Waals surface area (Å²) in [4.78, 5) is 74.4. The highest BCUT2D eigenvalue weighted by molar-refractivity contribution is 5.95. The van der Waals surface area contributed by atoms with Crippen LogP contribution in [0.2, 0.25) is 0 Å². The molecule has 8 rings (SSSR count). The monoisotopic (exact) mass is 717 g/mol. The highest BCUT2D eigenvalue weighted by Crippen LogP contribution is 2.24. The van der Waals surface area contributed by atoms with Crippen LogP contribution in [-0.2, 0) is 13.6 Å². The first-order chi connectivity index (χ1) is 25.7. The predicted molar refractivity (Wildman–Crippen MR) is 192 cm³/mol. The van der Waals surface area contributed by atoms with Crippen LogP contribution in [0.4, 0.5) is 26.0 Å². The van der Waals surface area contributed by atoms with E-state index in [4.69, 9.17) is 0 Å². The number of rotatable bonds is 7. The van der Waals surface area contributed by atoms with Gasteiger partial charge in [0.1, 0.15) is 11.6 Å². The fourth-order valence-electron chi connectivity index (χ4n) is 6.47. The third kappa shape index (κ3) is 6.07. The number of H-pyrrole nitrogens is 1. The van der Waals surface area contributed by atoms with Crippen molar-refractivity contribution in [2.24, 2.45) is 7.05 Å². The summed E-state index contributed by atoms with van der Waals surface area (Å²) < 4.78 is 33.5. The van der Waals surface area contributed by atoms with E-state index in [0.717, 1.165) is 23.5 Å². The Hall–Kier alpha value is -7.04. The van der Waals surface area contributed by atoms with Crippen molar-refractivity contribution in [1.82, 2.24) is 43.8 Å². The molecular formula is C36H29F2N11O4. The van der Waals surface area contributed by atoms with Crippen LogP contribution >= 0.6 is 0 Å². The summed E-state index contributed by atoms with van der Waals surface area (Å²) >= 11 is 0. The molecule has 1 aliphatic rings. The van der Waals surface area contributed by atoms with Gasteiger partial charge < -0.3 is 15.1 Å². The van der Waals surface area contributed by atoms with Crippen LogP contribution in [0.5, 0.6) is 0 Å². The molecule has 1 amide bonds. The lowest BCUT2D eigenvalue weighted by Gasteiger charge is -2.36. The lowest BCUT2D eigenvalue weighted by Crippen LogP contribution is -2.49. The molecule has 0 saturated carbocycles. The number of anilines is 3. The first-order valence-corrected chi connectivity index (χ1v) is 16.5. The second kappa shape index (κ2) is 13.3. The zero-order valence-electron chi connectivity index (χ0n) is 28.0. The largest absolute Gasteiger partial charge is 0.368 e. The maximum atomic E-state index is 15.0. The standard InChI is InChI=1S/C36H29F2N11O4/c1-45-34(52)30-31(49(45)35-39-12-3-13-40-35)43-28(19-41-30)42-22-7-9-23(10-8-22)46-14-16-47(17-15-46)33(51)24-18-21(6-11-25(24)37)20-48-27-5-2-4-26(38)29(27)32(50)44-36(48)53/h2-13,18-19H,14-17,20H2,1H3,(H,42,43)(H,44,50,53). The van der Waals surface area contributed by atoms with Gasteiger partial charge in [-0.1, -0.05) is 12.1 Å². The fraction of sp³-hybridized carbons (Fsp3) is 0.167. The number of benzene rings is 3. The number of fused-ring (bicyclic) bond motifs is 2. The van der Waals surface area contributed by atoms with Crippen molar-refractivity contribution in [3.8, 4) is 5.95 Å². The van der Waals surface area contributed by atoms with Crippen LogP contribution < -0.4 is 27.0 Å². The number of aromatic nitrogens is 8. The van der Waals surface area contributed by atoms with E-state index in [0.29, 0.717) is 43.2 Å². The zero-order valence-corrected chi connectivity index (χ0v) is 28.0. The van der Waals surface area contributed by atoms with Crippen LogP contribution in [0, 0.1) is 11.6 Å². The summed E-state index contributed by atoms with van der Waals surface area (Å²) in [5.74, 6) is -1.27. The number of nitrogens with one attached hydrogen (secondary N) is 2. The molecule has 0 radical (unpaired) electrons. The molecule has 0 spiro atoms. The molecule has 2 N–H and O–H groups in total. The summed E-state index contributed by atoms with van der Waals surface area (Å²) in [6, 6.07) is 17.2. The Kier molecular flexibility index (Phi) is 8.28. The van der Waals surface area contributed by atoms with E-state index in [-0.39, 0.29) is 40.0 Å². The molecule has 1 aliphatic heterocycles. The van der Waals surface area contributed by atoms with Crippen molar-refractivity contribution in [2.45, 2.75) is 6.54 Å². The van der Waals surface area contributed by atoms with E-state index in [1.165, 1.54) is 44.4 Å². The number of carbonyl (C=O) groups excluding carboxylic acids is 1. The summed E-state index contributed by atoms with van der Waals surface area (Å²) in [7, 11) is 1.59. The molecule has 15 nitrogen and oxygen atoms in total. The van der Waals surface area contributed by atoms with Gasteiger partial charge in [0.15, 0.2) is 17.0 Å². The SMILES string of the molecule is Cn1c(=O)c2ncc(Nc3ccc(N4CCN(C(=O)c5cc(Cn6c(=O)[nH]c(=O)c7c(F)cccc76)ccc5F)CC4)cc3)nc2n1-c1ncccn1. The first-order valence-electron chi connectivity index (χ1n) is 16.5. The van der Waals surface area contributed by atoms with Crippen molar-refractivity contribution in [3.63, 3.8) is 0 Å². The molecule has 7 aromatic rings. The minimum atomic E-state index is -0.842. The van der Waals surface area contributed by atoms with Crippen molar-refractivity contribution >= 4 is 45.2 Å². The van der Waals surface area contributed by atoms with Gasteiger partial charge in [0.25, 0.3) is 23.0 Å². The second-order valence-corrected chi connectivity index (χ2v) is 12.4. The average Bonchev–Trinajstić information content (AvgIpc) is 3.42. The van der Waals surface area contributed by atoms with Gasteiger partial charge in [0, 0.05) is 57.0 Å². The number of nitrogens with zero attached hydrogens (tertiary/aromatic N) is 9. The third-order valence-electron chi connectivity index (χ3n) is 9.14. The van der Waals surface area contributed by atoms with Gasteiger partial charge in [0.2, 0.25) is 0 Å². The van der Waals surface area contributed by atoms with Crippen molar-refractivity contribution in [1.29, 1.82) is 0 Å². The van der Waals surface area contributed by atoms with Gasteiger partial charge in [0.05, 0.1) is 29.2 Å². The molecule has 0 aliphatic carbocycles. The van der Waals surface area contributed by atoms with Gasteiger partial charge in [-0.05, 0) is 60.2 Å². The van der Waals surface area contributed by atoms with E-state index in [9.17, 15) is 23.6 Å². The van der Waals surface area contributed by atoms with Gasteiger partial charge >= 0.3 is 5.69 Å². The molecule has 53 heavy (non-hydrogen) atoms. The van der Waals surface area contributed by atoms with E-state index < -0.39 is 28.8 Å². The van der Waals surface area contributed by atoms with Gasteiger partial charge in [-0.3, -0.25) is 23.9 Å². The van der Waals surface area contributed by atoms with Crippen LogP contribution in [-0.4, -0.2) is 75.8 Å². The molecular weight excluding hydrogens is 688 g/mol. The molecule has 0 bridgehead atoms. The quantitative estimate of drug-likeness (QED) is 0.250. The number of halogens is 2. The second-order valence-electron chi connectivity index (χ2n) is 12.4. The fourth-order valence-corrected chi connectivity index (χ4v) is 6.47. The van der Waals surface area contributed by atoms with Crippen molar-refractivity contribution in [3.05, 3.63) is 139 Å². The minimum Gasteiger partial charge on any atom is -0.368 e. The topological polar surface area (TPSA) is 169 Å². The normalized spacial score (nSPS) is 13.2. The third-order valence-corrected chi connectivity index (χ3v) is 9.14. The summed E-state index contributed by atoms with van der Waals surface area (Å²) in [5, 5.41) is 2.96. The van der Waals surface area contributed by atoms with Crippen LogP contribution in [0.1, 0.15) is 15.9 Å². The highest BCUT2D eigenvalue weighted by atomic mass is 19.1. The first kappa shape index (κ1) is 33.1. The van der Waals surface area contributed by atoms with Crippen molar-refractivity contribution < 1.29 is 13.6 Å². The maximum Gasteiger partial charge on any atom is 0.329 e. The minimum absolute atomic E-state index is 0.0872. The smallest absolute Gasteiger partial charge is 0.329 e. The van der Waals surface area contributed by atoms with Crippen molar-refractivity contribution in [2.75, 3.05) is 36.4 Å². The number of hydrogen-bond donors (Lipinski definition) is 2. The molecule has 0 unspecified atom stereocenters. The molecule has 5 heterocycles. The van der Waals surface area contributed by atoms with E-state index >= 15 is 4.39 Å². The van der Waals surface area contributed by atoms with Gasteiger partial charge in [-0.2, -0.15) is 4.68 Å². The Balaban J connectivity index is 0.939. The Morgan fingerprint density at radius 1 is 0.887 bits per heavy atom. The van der Waals surface area contributed by atoms with Crippen LogP contribution in [0.25, 0.3) is 28.0 Å². The molecule has 266 valence electrons. The summed E-state index contributed by atoms with van der Waals surface area (Å²) in [6.45, 7) is 1.56. The predicted octanol–water partition coefficient (Wildman–Crippen LogP) is 2.94. The Morgan fingerprint density at radius 3 is 2.40 bits per heavy atom. The molecule has 3 aromatic carbocycles. The molecule has 17 heteroatoms. The summed E-state index contributed by atoms with van der Waals surface area (Å²) in [6.07, 6.45) is 4.63. The molecule has 0 atom stereocenters. The molecule has 1 fully saturated rings. The molecule has 4 aromatic heterocycles. The van der Waals surface area contributed by atoms with E-state index in [2.05, 4.69) is 35.1 Å². The number of aromatic amines is 1. The Morgan fingerprint density at radius 2 is 1.64 bits per heavy atom. The Labute approximate surface area is 297 Å². The number of piperazine rings is 1. The lowest BCUT2D eigenvalue weighted by atomic mass is 10.1. The molecule has 1 saturated heterocycles. The lowest BCUT2D eigenvalue weighted by molar-refractivity contribution is 0.0742. The van der Waals surface area contributed by atoms with Gasteiger partial charge in [-0.25, -0.2) is 38.2 Å². The number of amides is 1. The van der Waals surface area contributed by atoms with E-state index in [1.807, 2.05) is 24.3 Å². The van der Waals surface area contributed by atoms with Crippen LogP contribution in [0.15, 0.2) is 99.7 Å². The maximum absolute atomic E-state index is 15.0. The Bertz CT molecular complexity index is 2720. The number of carbonyl (C=O) groups is 1. The summed E-state index contributed by atoms with van der Waals surface area (Å²) in [5.41, 5.74) is 0.584. The highest BCUT2D eigenvalue weighted by Gasteiger charge is 2.25. The van der Waals surface area contributed by atoms with Crippen LogP contribution in [0.3, 0.4) is 0 Å². The van der Waals surface area contributed by atoms with Gasteiger partial charge in [-0.15, -0.1) is 0 Å². The number of hydrogen-bond acceptors (Lipinski definition) is 10. The average molecular weight is 718 g/mol. The van der Waals surface area contributed by atoms with E-state index in [1.54, 1.807) is 30.4 Å². The zero-order chi connectivity index (χ0) is 36.8.